The summed E-state index contributed by atoms with van der Waals surface area (Å²) in [4.78, 5) is 19.3. The second-order valence-electron chi connectivity index (χ2n) is 3.95. The number of aromatic nitrogens is 2. The fourth-order valence-corrected chi connectivity index (χ4v) is 2.37. The predicted molar refractivity (Wildman–Crippen MR) is 79.0 cm³/mol. The van der Waals surface area contributed by atoms with Crippen LogP contribution in [0.25, 0.3) is 0 Å². The lowest BCUT2D eigenvalue weighted by Crippen LogP contribution is -2.05. The van der Waals surface area contributed by atoms with Gasteiger partial charge in [-0.15, -0.1) is 11.8 Å². The molecule has 0 aliphatic rings. The van der Waals surface area contributed by atoms with Gasteiger partial charge in [-0.3, -0.25) is 10.1 Å². The zero-order chi connectivity index (χ0) is 14.2. The minimum atomic E-state index is -0.391. The van der Waals surface area contributed by atoms with Crippen molar-refractivity contribution in [1.82, 2.24) is 9.97 Å². The number of nitro groups is 1. The highest BCUT2D eigenvalue weighted by Gasteiger charge is 2.03. The van der Waals surface area contributed by atoms with E-state index in [0.717, 1.165) is 23.6 Å². The number of rotatable bonds is 7. The third kappa shape index (κ3) is 4.51. The molecule has 1 heterocycles. The third-order valence-electron chi connectivity index (χ3n) is 2.49. The van der Waals surface area contributed by atoms with Crippen LogP contribution in [0.4, 0.5) is 11.6 Å². The average molecular weight is 290 g/mol. The van der Waals surface area contributed by atoms with Crippen LogP contribution in [0, 0.1) is 10.1 Å². The van der Waals surface area contributed by atoms with E-state index in [0.29, 0.717) is 5.95 Å². The molecule has 0 spiro atoms. The van der Waals surface area contributed by atoms with Crippen molar-refractivity contribution < 1.29 is 4.92 Å². The summed E-state index contributed by atoms with van der Waals surface area (Å²) in [6, 6.07) is 8.37. The number of anilines is 1. The van der Waals surface area contributed by atoms with Gasteiger partial charge in [0.25, 0.3) is 5.69 Å². The molecule has 0 radical (unpaired) electrons. The lowest BCUT2D eigenvalue weighted by molar-refractivity contribution is -0.384. The van der Waals surface area contributed by atoms with E-state index in [1.165, 1.54) is 12.1 Å². The van der Waals surface area contributed by atoms with Crippen LogP contribution in [0.3, 0.4) is 0 Å². The van der Waals surface area contributed by atoms with Crippen molar-refractivity contribution in [2.24, 2.45) is 0 Å². The van der Waals surface area contributed by atoms with E-state index in [-0.39, 0.29) is 5.69 Å². The van der Waals surface area contributed by atoms with Crippen molar-refractivity contribution in [2.75, 3.05) is 17.6 Å². The van der Waals surface area contributed by atoms with Gasteiger partial charge in [0.05, 0.1) is 4.92 Å². The van der Waals surface area contributed by atoms with Crippen LogP contribution in [0.5, 0.6) is 0 Å². The Hall–Kier alpha value is -2.15. The first-order valence-electron chi connectivity index (χ1n) is 6.14. The van der Waals surface area contributed by atoms with Gasteiger partial charge < -0.3 is 5.32 Å². The predicted octanol–water partition coefficient (Wildman–Crippen LogP) is 2.98. The van der Waals surface area contributed by atoms with Crippen LogP contribution in [-0.4, -0.2) is 27.2 Å². The first-order valence-corrected chi connectivity index (χ1v) is 7.12. The Kier molecular flexibility index (Phi) is 5.31. The van der Waals surface area contributed by atoms with E-state index >= 15 is 0 Å². The van der Waals surface area contributed by atoms with Crippen molar-refractivity contribution in [3.05, 3.63) is 52.8 Å². The maximum Gasteiger partial charge on any atom is 0.269 e. The van der Waals surface area contributed by atoms with Crippen molar-refractivity contribution in [2.45, 2.75) is 11.3 Å². The van der Waals surface area contributed by atoms with Crippen LogP contribution in [0.2, 0.25) is 0 Å². The average Bonchev–Trinajstić information content (AvgIpc) is 2.48. The van der Waals surface area contributed by atoms with Crippen LogP contribution < -0.4 is 5.32 Å². The van der Waals surface area contributed by atoms with E-state index < -0.39 is 4.92 Å². The van der Waals surface area contributed by atoms with Crippen LogP contribution in [-0.2, 0) is 0 Å². The highest BCUT2D eigenvalue weighted by Crippen LogP contribution is 2.21. The lowest BCUT2D eigenvalue weighted by Gasteiger charge is -2.04. The maximum atomic E-state index is 10.5. The van der Waals surface area contributed by atoms with Crippen LogP contribution in [0.1, 0.15) is 6.42 Å². The largest absolute Gasteiger partial charge is 0.354 e. The Morgan fingerprint density at radius 2 is 1.90 bits per heavy atom. The number of benzene rings is 1. The van der Waals surface area contributed by atoms with Gasteiger partial charge in [-0.2, -0.15) is 0 Å². The SMILES string of the molecule is O=[N+]([O-])c1ccc(SCCCNc2ncccn2)cc1. The molecule has 0 unspecified atom stereocenters. The van der Waals surface area contributed by atoms with Crippen LogP contribution in [0.15, 0.2) is 47.6 Å². The van der Waals surface area contributed by atoms with Crippen LogP contribution >= 0.6 is 11.8 Å². The second kappa shape index (κ2) is 7.44. The molecule has 2 aromatic rings. The fourth-order valence-electron chi connectivity index (χ4n) is 1.52. The molecule has 1 aromatic carbocycles. The van der Waals surface area contributed by atoms with Crippen molar-refractivity contribution >= 4 is 23.4 Å². The lowest BCUT2D eigenvalue weighted by atomic mass is 10.3. The van der Waals surface area contributed by atoms with Gasteiger partial charge in [0.1, 0.15) is 0 Å². The smallest absolute Gasteiger partial charge is 0.269 e. The van der Waals surface area contributed by atoms with Gasteiger partial charge in [-0.1, -0.05) is 0 Å². The molecule has 0 atom stereocenters. The zero-order valence-corrected chi connectivity index (χ0v) is 11.5. The maximum absolute atomic E-state index is 10.5. The van der Waals surface area contributed by atoms with Gasteiger partial charge >= 0.3 is 0 Å². The van der Waals surface area contributed by atoms with E-state index in [1.54, 1.807) is 42.4 Å². The summed E-state index contributed by atoms with van der Waals surface area (Å²) < 4.78 is 0. The van der Waals surface area contributed by atoms with Gasteiger partial charge in [-0.25, -0.2) is 9.97 Å². The Labute approximate surface area is 120 Å². The summed E-state index contributed by atoms with van der Waals surface area (Å²) >= 11 is 1.67. The number of non-ortho nitro benzene ring substituents is 1. The van der Waals surface area contributed by atoms with E-state index in [1.807, 2.05) is 0 Å². The Bertz CT molecular complexity index is 548. The molecule has 1 aromatic heterocycles. The normalized spacial score (nSPS) is 10.2. The topological polar surface area (TPSA) is 81.0 Å². The molecule has 7 heteroatoms. The number of nitrogens with one attached hydrogen (secondary N) is 1. The standard InChI is InChI=1S/C13H14N4O2S/c18-17(19)11-3-5-12(6-4-11)20-10-2-9-16-13-14-7-1-8-15-13/h1,3-8H,2,9-10H2,(H,14,15,16). The van der Waals surface area contributed by atoms with Gasteiger partial charge in [0.15, 0.2) is 0 Å². The summed E-state index contributed by atoms with van der Waals surface area (Å²) in [7, 11) is 0. The summed E-state index contributed by atoms with van der Waals surface area (Å²) in [6.07, 6.45) is 4.35. The van der Waals surface area contributed by atoms with E-state index in [4.69, 9.17) is 0 Å². The summed E-state index contributed by atoms with van der Waals surface area (Å²) in [5.74, 6) is 1.56. The first kappa shape index (κ1) is 14.3. The molecule has 0 saturated carbocycles. The molecule has 0 saturated heterocycles. The highest BCUT2D eigenvalue weighted by atomic mass is 32.2. The van der Waals surface area contributed by atoms with E-state index in [9.17, 15) is 10.1 Å². The Morgan fingerprint density at radius 3 is 2.55 bits per heavy atom. The highest BCUT2D eigenvalue weighted by molar-refractivity contribution is 7.99. The van der Waals surface area contributed by atoms with Crippen molar-refractivity contribution in [3.8, 4) is 0 Å². The molecule has 104 valence electrons. The second-order valence-corrected chi connectivity index (χ2v) is 5.12. The van der Waals surface area contributed by atoms with Gasteiger partial charge in [0, 0.05) is 36.0 Å². The van der Waals surface area contributed by atoms with E-state index in [2.05, 4.69) is 15.3 Å². The molecule has 2 rings (SSSR count). The molecule has 0 aliphatic carbocycles. The van der Waals surface area contributed by atoms with Crippen molar-refractivity contribution in [1.29, 1.82) is 0 Å². The molecule has 0 bridgehead atoms. The fraction of sp³-hybridized carbons (Fsp3) is 0.231. The molecule has 0 fully saturated rings. The monoisotopic (exact) mass is 290 g/mol. The van der Waals surface area contributed by atoms with Gasteiger partial charge in [0.2, 0.25) is 5.95 Å². The Balaban J connectivity index is 1.67. The summed E-state index contributed by atoms with van der Waals surface area (Å²) in [5, 5.41) is 13.7. The number of thioether (sulfide) groups is 1. The molecule has 0 amide bonds. The molecule has 20 heavy (non-hydrogen) atoms. The zero-order valence-electron chi connectivity index (χ0n) is 10.7. The summed E-state index contributed by atoms with van der Waals surface area (Å²) in [6.45, 7) is 0.796. The molecular weight excluding hydrogens is 276 g/mol. The van der Waals surface area contributed by atoms with Crippen molar-refractivity contribution in [3.63, 3.8) is 0 Å². The number of hydrogen-bond acceptors (Lipinski definition) is 6. The molecule has 1 N–H and O–H groups in total. The van der Waals surface area contributed by atoms with Gasteiger partial charge in [-0.05, 0) is 30.4 Å². The summed E-state index contributed by atoms with van der Waals surface area (Å²) in [5.41, 5.74) is 0.122. The third-order valence-corrected chi connectivity index (χ3v) is 3.58. The minimum absolute atomic E-state index is 0.122. The molecule has 0 aliphatic heterocycles. The number of nitrogens with zero attached hydrogens (tertiary/aromatic N) is 3. The first-order chi connectivity index (χ1) is 9.75. The molecular formula is C13H14N4O2S. The number of nitro benzene ring substituents is 1. The minimum Gasteiger partial charge on any atom is -0.354 e. The number of hydrogen-bond donors (Lipinski definition) is 1. The molecule has 6 nitrogen and oxygen atoms in total. The Morgan fingerprint density at radius 1 is 1.20 bits per heavy atom. The quantitative estimate of drug-likeness (QED) is 0.365.